The van der Waals surface area contributed by atoms with Crippen LogP contribution in [0.3, 0.4) is 0 Å². The maximum atomic E-state index is 12.2. The molecule has 0 bridgehead atoms. The van der Waals surface area contributed by atoms with Crippen molar-refractivity contribution < 1.29 is 4.79 Å². The lowest BCUT2D eigenvalue weighted by Crippen LogP contribution is -2.31. The minimum atomic E-state index is 0.0587. The molecule has 1 aromatic heterocycles. The SMILES string of the molecule is CCN(CC)C(=O)c1ccc2c(n1)CCCC2. The van der Waals surface area contributed by atoms with Crippen molar-refractivity contribution in [2.45, 2.75) is 39.5 Å². The Morgan fingerprint density at radius 2 is 1.94 bits per heavy atom. The van der Waals surface area contributed by atoms with E-state index in [-0.39, 0.29) is 5.91 Å². The molecule has 1 aliphatic carbocycles. The third-order valence-corrected chi connectivity index (χ3v) is 3.45. The lowest BCUT2D eigenvalue weighted by atomic mass is 9.96. The van der Waals surface area contributed by atoms with E-state index in [1.165, 1.54) is 18.4 Å². The van der Waals surface area contributed by atoms with Gasteiger partial charge in [0, 0.05) is 18.8 Å². The molecule has 2 rings (SSSR count). The molecule has 3 nitrogen and oxygen atoms in total. The zero-order valence-electron chi connectivity index (χ0n) is 10.7. The van der Waals surface area contributed by atoms with Gasteiger partial charge in [0.2, 0.25) is 0 Å². The second-order valence-corrected chi connectivity index (χ2v) is 4.49. The third kappa shape index (κ3) is 2.48. The van der Waals surface area contributed by atoms with Crippen molar-refractivity contribution in [2.75, 3.05) is 13.1 Å². The van der Waals surface area contributed by atoms with Gasteiger partial charge in [-0.05, 0) is 51.2 Å². The number of hydrogen-bond donors (Lipinski definition) is 0. The van der Waals surface area contributed by atoms with E-state index in [2.05, 4.69) is 11.1 Å². The van der Waals surface area contributed by atoms with Crippen LogP contribution in [0.15, 0.2) is 12.1 Å². The smallest absolute Gasteiger partial charge is 0.272 e. The monoisotopic (exact) mass is 232 g/mol. The quantitative estimate of drug-likeness (QED) is 0.802. The molecule has 0 fully saturated rings. The molecule has 0 spiro atoms. The van der Waals surface area contributed by atoms with Crippen LogP contribution in [-0.4, -0.2) is 28.9 Å². The lowest BCUT2D eigenvalue weighted by molar-refractivity contribution is 0.0767. The molecule has 92 valence electrons. The average molecular weight is 232 g/mol. The Kier molecular flexibility index (Phi) is 3.77. The number of carbonyl (C=O) groups is 1. The Labute approximate surface area is 103 Å². The van der Waals surface area contributed by atoms with E-state index in [0.29, 0.717) is 5.69 Å². The van der Waals surface area contributed by atoms with E-state index in [1.807, 2.05) is 24.8 Å². The van der Waals surface area contributed by atoms with Gasteiger partial charge in [-0.3, -0.25) is 4.79 Å². The normalized spacial score (nSPS) is 14.2. The highest BCUT2D eigenvalue weighted by Gasteiger charge is 2.17. The fourth-order valence-electron chi connectivity index (χ4n) is 2.37. The first-order valence-electron chi connectivity index (χ1n) is 6.54. The molecule has 0 saturated heterocycles. The predicted molar refractivity (Wildman–Crippen MR) is 68.1 cm³/mol. The topological polar surface area (TPSA) is 33.2 Å². The highest BCUT2D eigenvalue weighted by molar-refractivity contribution is 5.92. The molecule has 0 unspecified atom stereocenters. The Balaban J connectivity index is 2.24. The Hall–Kier alpha value is -1.38. The molecule has 1 aromatic rings. The van der Waals surface area contributed by atoms with Crippen LogP contribution in [0.2, 0.25) is 0 Å². The molecule has 0 aromatic carbocycles. The first-order chi connectivity index (χ1) is 8.26. The van der Waals surface area contributed by atoms with Crippen molar-refractivity contribution in [2.24, 2.45) is 0 Å². The van der Waals surface area contributed by atoms with Crippen molar-refractivity contribution in [1.82, 2.24) is 9.88 Å². The molecule has 1 aliphatic rings. The minimum Gasteiger partial charge on any atom is -0.338 e. The lowest BCUT2D eigenvalue weighted by Gasteiger charge is -2.20. The van der Waals surface area contributed by atoms with Gasteiger partial charge in [-0.25, -0.2) is 4.98 Å². The van der Waals surface area contributed by atoms with Crippen LogP contribution in [0.25, 0.3) is 0 Å². The average Bonchev–Trinajstić information content (AvgIpc) is 2.39. The van der Waals surface area contributed by atoms with Gasteiger partial charge in [-0.2, -0.15) is 0 Å². The molecule has 0 saturated carbocycles. The zero-order chi connectivity index (χ0) is 12.3. The number of aromatic nitrogens is 1. The highest BCUT2D eigenvalue weighted by Crippen LogP contribution is 2.19. The standard InChI is InChI=1S/C14H20N2O/c1-3-16(4-2)14(17)13-10-9-11-7-5-6-8-12(11)15-13/h9-10H,3-8H2,1-2H3. The molecule has 3 heteroatoms. The van der Waals surface area contributed by atoms with Crippen LogP contribution in [-0.2, 0) is 12.8 Å². The molecular weight excluding hydrogens is 212 g/mol. The van der Waals surface area contributed by atoms with Crippen LogP contribution in [0.4, 0.5) is 0 Å². The minimum absolute atomic E-state index is 0.0587. The summed E-state index contributed by atoms with van der Waals surface area (Å²) in [5.74, 6) is 0.0587. The van der Waals surface area contributed by atoms with Crippen LogP contribution in [0.5, 0.6) is 0 Å². The largest absolute Gasteiger partial charge is 0.338 e. The second kappa shape index (κ2) is 5.30. The maximum Gasteiger partial charge on any atom is 0.272 e. The van der Waals surface area contributed by atoms with Gasteiger partial charge >= 0.3 is 0 Å². The Morgan fingerprint density at radius 3 is 2.65 bits per heavy atom. The van der Waals surface area contributed by atoms with Crippen molar-refractivity contribution in [1.29, 1.82) is 0 Å². The maximum absolute atomic E-state index is 12.2. The molecule has 0 atom stereocenters. The van der Waals surface area contributed by atoms with Crippen LogP contribution < -0.4 is 0 Å². The number of nitrogens with zero attached hydrogens (tertiary/aromatic N) is 2. The van der Waals surface area contributed by atoms with Crippen LogP contribution >= 0.6 is 0 Å². The first kappa shape index (κ1) is 12.1. The fourth-order valence-corrected chi connectivity index (χ4v) is 2.37. The summed E-state index contributed by atoms with van der Waals surface area (Å²) in [6, 6.07) is 3.96. The number of carbonyl (C=O) groups excluding carboxylic acids is 1. The highest BCUT2D eigenvalue weighted by atomic mass is 16.2. The van der Waals surface area contributed by atoms with Gasteiger partial charge in [-0.1, -0.05) is 6.07 Å². The van der Waals surface area contributed by atoms with E-state index in [1.54, 1.807) is 0 Å². The predicted octanol–water partition coefficient (Wildman–Crippen LogP) is 2.44. The summed E-state index contributed by atoms with van der Waals surface area (Å²) < 4.78 is 0. The molecule has 17 heavy (non-hydrogen) atoms. The summed E-state index contributed by atoms with van der Waals surface area (Å²) in [6.45, 7) is 5.49. The van der Waals surface area contributed by atoms with Gasteiger partial charge in [0.05, 0.1) is 0 Å². The number of aryl methyl sites for hydroxylation is 2. The Bertz CT molecular complexity index is 411. The fraction of sp³-hybridized carbons (Fsp3) is 0.571. The van der Waals surface area contributed by atoms with Gasteiger partial charge in [-0.15, -0.1) is 0 Å². The van der Waals surface area contributed by atoms with Gasteiger partial charge in [0.15, 0.2) is 0 Å². The number of rotatable bonds is 3. The summed E-state index contributed by atoms with van der Waals surface area (Å²) in [7, 11) is 0. The number of amides is 1. The van der Waals surface area contributed by atoms with Crippen molar-refractivity contribution in [3.8, 4) is 0 Å². The summed E-state index contributed by atoms with van der Waals surface area (Å²) in [5, 5.41) is 0. The van der Waals surface area contributed by atoms with E-state index in [9.17, 15) is 4.79 Å². The number of pyridine rings is 1. The zero-order valence-corrected chi connectivity index (χ0v) is 10.7. The van der Waals surface area contributed by atoms with E-state index < -0.39 is 0 Å². The third-order valence-electron chi connectivity index (χ3n) is 3.45. The van der Waals surface area contributed by atoms with Crippen LogP contribution in [0, 0.1) is 0 Å². The molecular formula is C14H20N2O. The van der Waals surface area contributed by atoms with E-state index in [0.717, 1.165) is 31.6 Å². The summed E-state index contributed by atoms with van der Waals surface area (Å²) >= 11 is 0. The van der Waals surface area contributed by atoms with Crippen molar-refractivity contribution in [3.63, 3.8) is 0 Å². The second-order valence-electron chi connectivity index (χ2n) is 4.49. The van der Waals surface area contributed by atoms with Gasteiger partial charge in [0.25, 0.3) is 5.91 Å². The van der Waals surface area contributed by atoms with Crippen molar-refractivity contribution >= 4 is 5.91 Å². The summed E-state index contributed by atoms with van der Waals surface area (Å²) in [6.07, 6.45) is 4.58. The van der Waals surface area contributed by atoms with Crippen LogP contribution in [0.1, 0.15) is 48.4 Å². The summed E-state index contributed by atoms with van der Waals surface area (Å²) in [5.41, 5.74) is 3.07. The number of fused-ring (bicyclic) bond motifs is 1. The molecule has 0 radical (unpaired) electrons. The molecule has 1 amide bonds. The van der Waals surface area contributed by atoms with Crippen molar-refractivity contribution in [3.05, 3.63) is 29.1 Å². The molecule has 0 aliphatic heterocycles. The van der Waals surface area contributed by atoms with Gasteiger partial charge in [0.1, 0.15) is 5.69 Å². The number of hydrogen-bond acceptors (Lipinski definition) is 2. The first-order valence-corrected chi connectivity index (χ1v) is 6.54. The van der Waals surface area contributed by atoms with E-state index in [4.69, 9.17) is 0 Å². The van der Waals surface area contributed by atoms with E-state index >= 15 is 0 Å². The Morgan fingerprint density at radius 1 is 1.24 bits per heavy atom. The summed E-state index contributed by atoms with van der Waals surface area (Å²) in [4.78, 5) is 18.5. The molecule has 1 heterocycles. The molecule has 0 N–H and O–H groups in total. The van der Waals surface area contributed by atoms with Gasteiger partial charge < -0.3 is 4.90 Å².